The van der Waals surface area contributed by atoms with Gasteiger partial charge in [0, 0.05) is 25.9 Å². The highest BCUT2D eigenvalue weighted by Gasteiger charge is 2.32. The Bertz CT molecular complexity index is 1230. The molecule has 1 aliphatic rings. The van der Waals surface area contributed by atoms with E-state index in [-0.39, 0.29) is 17.6 Å². The first-order valence-electron chi connectivity index (χ1n) is 15.0. The van der Waals surface area contributed by atoms with Gasteiger partial charge >= 0.3 is 0 Å². The molecule has 3 heterocycles. The highest BCUT2D eigenvalue weighted by Crippen LogP contribution is 2.33. The molecule has 1 aliphatic heterocycles. The van der Waals surface area contributed by atoms with Crippen LogP contribution in [0.2, 0.25) is 0 Å². The molecule has 0 atom stereocenters. The molecule has 0 bridgehead atoms. The van der Waals surface area contributed by atoms with Gasteiger partial charge < -0.3 is 10.1 Å². The summed E-state index contributed by atoms with van der Waals surface area (Å²) in [6, 6.07) is 3.76. The molecular weight excluding hydrogens is 541 g/mol. The predicted molar refractivity (Wildman–Crippen MR) is 172 cm³/mol. The number of anilines is 1. The standard InChI is InChI=1S/C31H46N4O3S2/c1-5-6-7-8-9-10-11-12-13-14-19-35-30(37)26(40-31(35)39)22-25-27(32-18-16-21-38-23(2)3)33-28-24(4)17-15-20-34(28)29(25)36/h15,17,20,22-23,32H,5-14,16,18-19,21H2,1-4H3/b26-22+. The van der Waals surface area contributed by atoms with E-state index in [4.69, 9.17) is 21.9 Å². The fraction of sp³-hybridized carbons (Fsp3) is 0.613. The molecule has 1 saturated heterocycles. The number of aryl methyl sites for hydroxylation is 1. The molecular formula is C31H46N4O3S2. The minimum absolute atomic E-state index is 0.129. The average Bonchev–Trinajstić information content (AvgIpc) is 3.19. The highest BCUT2D eigenvalue weighted by atomic mass is 32.2. The lowest BCUT2D eigenvalue weighted by atomic mass is 10.1. The van der Waals surface area contributed by atoms with Gasteiger partial charge in [0.1, 0.15) is 15.8 Å². The van der Waals surface area contributed by atoms with Crippen molar-refractivity contribution >= 4 is 51.7 Å². The Hall–Kier alpha value is -2.23. The van der Waals surface area contributed by atoms with Gasteiger partial charge in [0.15, 0.2) is 0 Å². The van der Waals surface area contributed by atoms with Crippen LogP contribution in [0.15, 0.2) is 28.0 Å². The molecule has 0 unspecified atom stereocenters. The van der Waals surface area contributed by atoms with E-state index < -0.39 is 0 Å². The number of thiocarbonyl (C=S) groups is 1. The fourth-order valence-corrected chi connectivity index (χ4v) is 6.05. The smallest absolute Gasteiger partial charge is 0.267 e. The number of rotatable bonds is 18. The predicted octanol–water partition coefficient (Wildman–Crippen LogP) is 7.35. The van der Waals surface area contributed by atoms with Gasteiger partial charge in [-0.25, -0.2) is 4.98 Å². The van der Waals surface area contributed by atoms with E-state index in [0.29, 0.717) is 46.0 Å². The maximum atomic E-state index is 13.6. The highest BCUT2D eigenvalue weighted by molar-refractivity contribution is 8.26. The first-order chi connectivity index (χ1) is 19.3. The van der Waals surface area contributed by atoms with E-state index in [0.717, 1.165) is 24.8 Å². The van der Waals surface area contributed by atoms with Crippen LogP contribution < -0.4 is 10.9 Å². The first-order valence-corrected chi connectivity index (χ1v) is 16.2. The number of aromatic nitrogens is 2. The fourth-order valence-electron chi connectivity index (χ4n) is 4.76. The summed E-state index contributed by atoms with van der Waals surface area (Å²) in [5.41, 5.74) is 1.65. The quantitative estimate of drug-likeness (QED) is 0.111. The first kappa shape index (κ1) is 32.3. The molecule has 2 aromatic rings. The zero-order valence-electron chi connectivity index (χ0n) is 24.7. The van der Waals surface area contributed by atoms with Gasteiger partial charge in [-0.1, -0.05) is 94.8 Å². The molecule has 7 nitrogen and oxygen atoms in total. The molecule has 2 aromatic heterocycles. The molecule has 1 amide bonds. The number of fused-ring (bicyclic) bond motifs is 1. The molecule has 40 heavy (non-hydrogen) atoms. The van der Waals surface area contributed by atoms with Crippen molar-refractivity contribution in [3.63, 3.8) is 0 Å². The zero-order valence-corrected chi connectivity index (χ0v) is 26.3. The Morgan fingerprint density at radius 1 is 1.05 bits per heavy atom. The van der Waals surface area contributed by atoms with Crippen molar-refractivity contribution in [2.45, 2.75) is 104 Å². The van der Waals surface area contributed by atoms with E-state index in [2.05, 4.69) is 12.2 Å². The number of hydrogen-bond donors (Lipinski definition) is 1. The second-order valence-corrected chi connectivity index (χ2v) is 12.5. The summed E-state index contributed by atoms with van der Waals surface area (Å²) in [4.78, 5) is 33.8. The van der Waals surface area contributed by atoms with Crippen LogP contribution in [0.5, 0.6) is 0 Å². The third-order valence-corrected chi connectivity index (χ3v) is 8.41. The number of carbonyl (C=O) groups excluding carboxylic acids is 1. The van der Waals surface area contributed by atoms with Gasteiger partial charge in [0.2, 0.25) is 0 Å². The van der Waals surface area contributed by atoms with Crippen molar-refractivity contribution in [2.24, 2.45) is 0 Å². The molecule has 0 spiro atoms. The Balaban J connectivity index is 1.65. The van der Waals surface area contributed by atoms with Crippen molar-refractivity contribution in [1.82, 2.24) is 14.3 Å². The van der Waals surface area contributed by atoms with E-state index in [1.54, 1.807) is 21.6 Å². The number of nitrogens with one attached hydrogen (secondary N) is 1. The van der Waals surface area contributed by atoms with Gasteiger partial charge in [-0.2, -0.15) is 0 Å². The summed E-state index contributed by atoms with van der Waals surface area (Å²) >= 11 is 6.82. The van der Waals surface area contributed by atoms with Crippen molar-refractivity contribution in [3.05, 3.63) is 44.7 Å². The number of carbonyl (C=O) groups is 1. The van der Waals surface area contributed by atoms with E-state index in [1.807, 2.05) is 32.9 Å². The van der Waals surface area contributed by atoms with E-state index in [9.17, 15) is 9.59 Å². The van der Waals surface area contributed by atoms with E-state index in [1.165, 1.54) is 63.1 Å². The molecule has 3 rings (SSSR count). The number of thioether (sulfide) groups is 1. The maximum absolute atomic E-state index is 13.6. The monoisotopic (exact) mass is 586 g/mol. The third-order valence-electron chi connectivity index (χ3n) is 7.03. The molecule has 220 valence electrons. The van der Waals surface area contributed by atoms with E-state index >= 15 is 0 Å². The van der Waals surface area contributed by atoms with Crippen molar-refractivity contribution in [1.29, 1.82) is 0 Å². The van der Waals surface area contributed by atoms with Crippen molar-refractivity contribution in [3.8, 4) is 0 Å². The molecule has 9 heteroatoms. The topological polar surface area (TPSA) is 75.9 Å². The van der Waals surface area contributed by atoms with Gasteiger partial charge in [-0.05, 0) is 51.3 Å². The van der Waals surface area contributed by atoms with Crippen LogP contribution in [-0.4, -0.2) is 50.3 Å². The molecule has 1 fully saturated rings. The number of hydrogen-bond acceptors (Lipinski definition) is 7. The number of unbranched alkanes of at least 4 members (excludes halogenated alkanes) is 9. The zero-order chi connectivity index (χ0) is 28.9. The second-order valence-electron chi connectivity index (χ2n) is 10.8. The largest absolute Gasteiger partial charge is 0.379 e. The maximum Gasteiger partial charge on any atom is 0.267 e. The molecule has 0 aliphatic carbocycles. The molecule has 0 radical (unpaired) electrons. The Morgan fingerprint density at radius 2 is 1.73 bits per heavy atom. The number of pyridine rings is 1. The Labute approximate surface area is 249 Å². The van der Waals surface area contributed by atoms with Gasteiger partial charge in [0.25, 0.3) is 11.5 Å². The second kappa shape index (κ2) is 16.9. The summed E-state index contributed by atoms with van der Waals surface area (Å²) in [5, 5.41) is 3.32. The van der Waals surface area contributed by atoms with Gasteiger partial charge in [-0.3, -0.25) is 18.9 Å². The number of ether oxygens (including phenoxy) is 1. The lowest BCUT2D eigenvalue weighted by molar-refractivity contribution is -0.122. The average molecular weight is 587 g/mol. The third kappa shape index (κ3) is 9.42. The Kier molecular flexibility index (Phi) is 13.6. The number of amides is 1. The normalized spacial score (nSPS) is 14.8. The number of nitrogens with zero attached hydrogens (tertiary/aromatic N) is 3. The van der Waals surface area contributed by atoms with Gasteiger partial charge in [-0.15, -0.1) is 0 Å². The van der Waals surface area contributed by atoms with Crippen molar-refractivity contribution < 1.29 is 9.53 Å². The van der Waals surface area contributed by atoms with Crippen LogP contribution in [0.1, 0.15) is 103 Å². The summed E-state index contributed by atoms with van der Waals surface area (Å²) < 4.78 is 7.73. The lowest BCUT2D eigenvalue weighted by Gasteiger charge is -2.14. The lowest BCUT2D eigenvalue weighted by Crippen LogP contribution is -2.29. The van der Waals surface area contributed by atoms with Crippen LogP contribution in [0.4, 0.5) is 5.82 Å². The van der Waals surface area contributed by atoms with Gasteiger partial charge in [0.05, 0.1) is 16.6 Å². The molecule has 0 saturated carbocycles. The SMILES string of the molecule is CCCCCCCCCCCCN1C(=O)/C(=C\c2c(NCCCOC(C)C)nc3c(C)cccn3c2=O)SC1=S. The minimum atomic E-state index is -0.213. The van der Waals surface area contributed by atoms with Crippen LogP contribution in [0, 0.1) is 6.92 Å². The molecule has 0 aromatic carbocycles. The summed E-state index contributed by atoms with van der Waals surface area (Å²) in [5.74, 6) is 0.347. The summed E-state index contributed by atoms with van der Waals surface area (Å²) in [6.07, 6.45) is 16.7. The van der Waals surface area contributed by atoms with Crippen molar-refractivity contribution in [2.75, 3.05) is 25.0 Å². The molecule has 1 N–H and O–H groups in total. The summed E-state index contributed by atoms with van der Waals surface area (Å²) in [7, 11) is 0. The summed E-state index contributed by atoms with van der Waals surface area (Å²) in [6.45, 7) is 10.0. The van der Waals surface area contributed by atoms with Crippen LogP contribution in [0.25, 0.3) is 11.7 Å². The minimum Gasteiger partial charge on any atom is -0.379 e. The van der Waals surface area contributed by atoms with Crippen LogP contribution in [-0.2, 0) is 9.53 Å². The van der Waals surface area contributed by atoms with Crippen LogP contribution >= 0.6 is 24.0 Å². The Morgan fingerprint density at radius 3 is 2.40 bits per heavy atom. The van der Waals surface area contributed by atoms with Crippen LogP contribution in [0.3, 0.4) is 0 Å².